The predicted molar refractivity (Wildman–Crippen MR) is 53.1 cm³/mol. The monoisotopic (exact) mass is 251 g/mol. The highest BCUT2D eigenvalue weighted by atomic mass is 35.6. The van der Waals surface area contributed by atoms with Gasteiger partial charge in [0.25, 0.3) is 0 Å². The second kappa shape index (κ2) is 5.40. The zero-order chi connectivity index (χ0) is 9.78. The van der Waals surface area contributed by atoms with Crippen LogP contribution in [0, 0.1) is 0 Å². The number of ether oxygens (including phenoxy) is 1. The first-order valence-electron chi connectivity index (χ1n) is 2.96. The molecular formula is C5H8Cl3NO2S. The molecule has 0 saturated carbocycles. The minimum Gasteiger partial charge on any atom is -0.460 e. The van der Waals surface area contributed by atoms with E-state index >= 15 is 0 Å². The summed E-state index contributed by atoms with van der Waals surface area (Å²) in [4.78, 5) is 10.8. The van der Waals surface area contributed by atoms with Crippen LogP contribution in [0.1, 0.15) is 0 Å². The minimum absolute atomic E-state index is 0.193. The quantitative estimate of drug-likeness (QED) is 0.450. The average Bonchev–Trinajstić information content (AvgIpc) is 1.97. The molecule has 0 heterocycles. The van der Waals surface area contributed by atoms with Crippen molar-refractivity contribution >= 4 is 53.4 Å². The van der Waals surface area contributed by atoms with Crippen molar-refractivity contribution in [2.45, 2.75) is 9.83 Å². The predicted octanol–water partition coefficient (Wildman–Crippen LogP) is 1.16. The van der Waals surface area contributed by atoms with Gasteiger partial charge in [0.2, 0.25) is 3.79 Å². The van der Waals surface area contributed by atoms with Crippen molar-refractivity contribution in [1.29, 1.82) is 0 Å². The molecule has 0 aliphatic carbocycles. The molecular weight excluding hydrogens is 244 g/mol. The number of hydrogen-bond donors (Lipinski definition) is 2. The number of rotatable bonds is 3. The number of carbonyl (C=O) groups is 1. The highest BCUT2D eigenvalue weighted by molar-refractivity contribution is 7.80. The Morgan fingerprint density at radius 1 is 1.58 bits per heavy atom. The number of nitrogens with two attached hydrogens (primary N) is 1. The van der Waals surface area contributed by atoms with Crippen LogP contribution in [0.3, 0.4) is 0 Å². The van der Waals surface area contributed by atoms with Crippen LogP contribution >= 0.6 is 47.4 Å². The van der Waals surface area contributed by atoms with Gasteiger partial charge in [-0.3, -0.25) is 4.79 Å². The molecule has 0 saturated heterocycles. The van der Waals surface area contributed by atoms with Crippen molar-refractivity contribution in [3.8, 4) is 0 Å². The Balaban J connectivity index is 3.72. The molecule has 0 aromatic carbocycles. The topological polar surface area (TPSA) is 52.3 Å². The lowest BCUT2D eigenvalue weighted by Gasteiger charge is -2.13. The Kier molecular flexibility index (Phi) is 5.69. The third-order valence-electron chi connectivity index (χ3n) is 0.878. The molecule has 1 atom stereocenters. The zero-order valence-electron chi connectivity index (χ0n) is 5.97. The fourth-order valence-electron chi connectivity index (χ4n) is 0.335. The van der Waals surface area contributed by atoms with E-state index in [9.17, 15) is 4.79 Å². The van der Waals surface area contributed by atoms with E-state index in [1.165, 1.54) is 0 Å². The summed E-state index contributed by atoms with van der Waals surface area (Å²) in [5.41, 5.74) is 5.27. The van der Waals surface area contributed by atoms with Crippen LogP contribution in [0.15, 0.2) is 0 Å². The molecule has 0 amide bonds. The fourth-order valence-corrected chi connectivity index (χ4v) is 0.647. The van der Waals surface area contributed by atoms with E-state index in [1.807, 2.05) is 0 Å². The molecule has 0 aliphatic heterocycles. The summed E-state index contributed by atoms with van der Waals surface area (Å²) in [5, 5.41) is 0. The zero-order valence-corrected chi connectivity index (χ0v) is 9.13. The van der Waals surface area contributed by atoms with Gasteiger partial charge in [-0.25, -0.2) is 0 Å². The summed E-state index contributed by atoms with van der Waals surface area (Å²) in [6, 6.07) is -0.777. The molecule has 0 unspecified atom stereocenters. The van der Waals surface area contributed by atoms with Crippen LogP contribution in [0.4, 0.5) is 0 Å². The summed E-state index contributed by atoms with van der Waals surface area (Å²) in [6.45, 7) is -0.308. The van der Waals surface area contributed by atoms with Crippen LogP contribution < -0.4 is 5.73 Å². The van der Waals surface area contributed by atoms with Crippen LogP contribution in [-0.2, 0) is 9.53 Å². The lowest BCUT2D eigenvalue weighted by atomic mass is 10.4. The van der Waals surface area contributed by atoms with Gasteiger partial charge in [0.15, 0.2) is 0 Å². The average molecular weight is 253 g/mol. The van der Waals surface area contributed by atoms with Crippen molar-refractivity contribution < 1.29 is 9.53 Å². The van der Waals surface area contributed by atoms with Gasteiger partial charge in [-0.1, -0.05) is 34.8 Å². The van der Waals surface area contributed by atoms with Gasteiger partial charge in [-0.2, -0.15) is 12.6 Å². The third-order valence-corrected chi connectivity index (χ3v) is 1.60. The second-order valence-electron chi connectivity index (χ2n) is 2.01. The lowest BCUT2D eigenvalue weighted by molar-refractivity contribution is -0.144. The Morgan fingerprint density at radius 3 is 2.42 bits per heavy atom. The Labute approximate surface area is 90.9 Å². The molecule has 0 aliphatic rings. The molecule has 72 valence electrons. The van der Waals surface area contributed by atoms with Gasteiger partial charge < -0.3 is 10.5 Å². The molecule has 3 nitrogen and oxygen atoms in total. The number of halogens is 3. The van der Waals surface area contributed by atoms with Crippen LogP contribution in [0.25, 0.3) is 0 Å². The molecule has 0 bridgehead atoms. The first-order chi connectivity index (χ1) is 5.37. The Bertz CT molecular complexity index is 161. The minimum atomic E-state index is -1.59. The van der Waals surface area contributed by atoms with Gasteiger partial charge in [-0.15, -0.1) is 0 Å². The third kappa shape index (κ3) is 6.20. The highest BCUT2D eigenvalue weighted by Gasteiger charge is 2.23. The molecule has 0 aromatic heterocycles. The van der Waals surface area contributed by atoms with Crippen molar-refractivity contribution in [1.82, 2.24) is 0 Å². The SMILES string of the molecule is N[C@@H](CS)C(=O)OCC(Cl)(Cl)Cl. The number of alkyl halides is 3. The summed E-state index contributed by atoms with van der Waals surface area (Å²) < 4.78 is 2.96. The largest absolute Gasteiger partial charge is 0.460 e. The summed E-state index contributed by atoms with van der Waals surface area (Å²) >= 11 is 19.8. The number of esters is 1. The van der Waals surface area contributed by atoms with E-state index in [-0.39, 0.29) is 12.4 Å². The van der Waals surface area contributed by atoms with Crippen molar-refractivity contribution in [3.05, 3.63) is 0 Å². The molecule has 12 heavy (non-hydrogen) atoms. The lowest BCUT2D eigenvalue weighted by Crippen LogP contribution is -2.35. The Morgan fingerprint density at radius 2 is 2.08 bits per heavy atom. The molecule has 2 N–H and O–H groups in total. The van der Waals surface area contributed by atoms with Crippen molar-refractivity contribution in [2.75, 3.05) is 12.4 Å². The normalized spacial score (nSPS) is 14.1. The molecule has 0 radical (unpaired) electrons. The maximum Gasteiger partial charge on any atom is 0.323 e. The van der Waals surface area contributed by atoms with Crippen LogP contribution in [-0.4, -0.2) is 28.2 Å². The maximum absolute atomic E-state index is 10.8. The van der Waals surface area contributed by atoms with Crippen LogP contribution in [0.2, 0.25) is 0 Å². The van der Waals surface area contributed by atoms with Gasteiger partial charge in [-0.05, 0) is 0 Å². The molecule has 0 fully saturated rings. The van der Waals surface area contributed by atoms with Gasteiger partial charge in [0, 0.05) is 5.75 Å². The van der Waals surface area contributed by atoms with Gasteiger partial charge in [0.05, 0.1) is 0 Å². The number of thiol groups is 1. The molecule has 0 spiro atoms. The Hall–Kier alpha value is 0.650. The van der Waals surface area contributed by atoms with Gasteiger partial charge >= 0.3 is 5.97 Å². The van der Waals surface area contributed by atoms with Crippen LogP contribution in [0.5, 0.6) is 0 Å². The second-order valence-corrected chi connectivity index (χ2v) is 4.89. The molecule has 0 aromatic rings. The summed E-state index contributed by atoms with van der Waals surface area (Å²) in [7, 11) is 0. The summed E-state index contributed by atoms with van der Waals surface area (Å²) in [6.07, 6.45) is 0. The molecule has 7 heteroatoms. The first-order valence-corrected chi connectivity index (χ1v) is 4.73. The smallest absolute Gasteiger partial charge is 0.323 e. The van der Waals surface area contributed by atoms with E-state index < -0.39 is 15.8 Å². The maximum atomic E-state index is 10.8. The van der Waals surface area contributed by atoms with Crippen molar-refractivity contribution in [2.24, 2.45) is 5.73 Å². The highest BCUT2D eigenvalue weighted by Crippen LogP contribution is 2.25. The molecule has 0 rings (SSSR count). The van der Waals surface area contributed by atoms with E-state index in [2.05, 4.69) is 17.4 Å². The van der Waals surface area contributed by atoms with E-state index in [0.717, 1.165) is 0 Å². The summed E-state index contributed by atoms with van der Waals surface area (Å²) in [5.74, 6) is -0.435. The standard InChI is InChI=1S/C5H8Cl3NO2S/c6-5(7,8)2-11-4(10)3(9)1-12/h3,12H,1-2,9H2/t3-/m0/s1. The first kappa shape index (κ1) is 12.7. The fraction of sp³-hybridized carbons (Fsp3) is 0.800. The van der Waals surface area contributed by atoms with E-state index in [0.29, 0.717) is 0 Å². The number of carbonyl (C=O) groups excluding carboxylic acids is 1. The van der Waals surface area contributed by atoms with E-state index in [4.69, 9.17) is 40.5 Å². The van der Waals surface area contributed by atoms with Crippen molar-refractivity contribution in [3.63, 3.8) is 0 Å². The number of hydrogen-bond acceptors (Lipinski definition) is 4. The van der Waals surface area contributed by atoms with E-state index in [1.54, 1.807) is 0 Å². The van der Waals surface area contributed by atoms with Gasteiger partial charge in [0.1, 0.15) is 12.6 Å².